The van der Waals surface area contributed by atoms with E-state index in [0.717, 1.165) is 38.6 Å². The summed E-state index contributed by atoms with van der Waals surface area (Å²) < 4.78 is 47.7. The zero-order valence-electron chi connectivity index (χ0n) is 53.8. The van der Waals surface area contributed by atoms with Gasteiger partial charge in [0, 0.05) is 100 Å². The third kappa shape index (κ3) is 18.0. The van der Waals surface area contributed by atoms with Crippen LogP contribution < -0.4 is 50.3 Å². The van der Waals surface area contributed by atoms with Gasteiger partial charge in [0.05, 0.1) is 93.8 Å². The van der Waals surface area contributed by atoms with E-state index >= 15 is 0 Å². The number of carbonyl (C=O) groups excluding carboxylic acids is 2. The van der Waals surface area contributed by atoms with Gasteiger partial charge in [-0.2, -0.15) is 20.2 Å². The minimum Gasteiger partial charge on any atom is -0.491 e. The fraction of sp³-hybridized carbons (Fsp3) is 0.246. The molecule has 4 amide bonds. The van der Waals surface area contributed by atoms with Crippen molar-refractivity contribution in [2.45, 2.75) is 52.4 Å². The first-order valence-electron chi connectivity index (χ1n) is 30.1. The minimum absolute atomic E-state index is 0.0889. The summed E-state index contributed by atoms with van der Waals surface area (Å²) in [7, 11) is 4.75. The van der Waals surface area contributed by atoms with Crippen molar-refractivity contribution in [2.24, 2.45) is 0 Å². The van der Waals surface area contributed by atoms with Crippen LogP contribution in [0.25, 0.3) is 32.9 Å². The maximum Gasteiger partial charge on any atom is 0.324 e. The first-order valence-corrected chi connectivity index (χ1v) is 30.5. The number of aromatic nitrogens is 10. The zero-order valence-corrected chi connectivity index (χ0v) is 54.6. The maximum absolute atomic E-state index is 13.5. The number of benzene rings is 5. The van der Waals surface area contributed by atoms with Gasteiger partial charge >= 0.3 is 12.1 Å². The summed E-state index contributed by atoms with van der Waals surface area (Å²) in [5, 5.41) is 27.8. The van der Waals surface area contributed by atoms with Crippen LogP contribution in [0.15, 0.2) is 170 Å². The van der Waals surface area contributed by atoms with Gasteiger partial charge < -0.3 is 53.8 Å². The van der Waals surface area contributed by atoms with Crippen LogP contribution in [-0.4, -0.2) is 122 Å². The van der Waals surface area contributed by atoms with Crippen LogP contribution in [0.1, 0.15) is 52.9 Å². The minimum atomic E-state index is -0.444. The fourth-order valence-corrected chi connectivity index (χ4v) is 9.46. The van der Waals surface area contributed by atoms with E-state index in [0.29, 0.717) is 121 Å². The molecule has 0 saturated carbocycles. The molecule has 0 radical (unpaired) electrons. The molecule has 0 spiro atoms. The van der Waals surface area contributed by atoms with Crippen molar-refractivity contribution < 1.29 is 47.5 Å². The molecule has 0 aliphatic heterocycles. The Morgan fingerprint density at radius 2 is 0.979 bits per heavy atom. The average molecular weight is 1310 g/mol. The molecular weight excluding hydrogens is 1230 g/mol. The largest absolute Gasteiger partial charge is 0.491 e. The van der Waals surface area contributed by atoms with Gasteiger partial charge in [0.15, 0.2) is 0 Å². The molecule has 11 aromatic rings. The van der Waals surface area contributed by atoms with Crippen LogP contribution in [-0.2, 0) is 25.0 Å². The summed E-state index contributed by atoms with van der Waals surface area (Å²) in [6.45, 7) is 15.3. The molecule has 26 heteroatoms. The number of methoxy groups -OCH3 is 3. The van der Waals surface area contributed by atoms with Crippen molar-refractivity contribution in [3.63, 3.8) is 0 Å². The molecule has 25 nitrogen and oxygen atoms in total. The molecule has 490 valence electrons. The van der Waals surface area contributed by atoms with E-state index < -0.39 is 12.1 Å². The predicted molar refractivity (Wildman–Crippen MR) is 364 cm³/mol. The second-order valence-electron chi connectivity index (χ2n) is 23.0. The van der Waals surface area contributed by atoms with Crippen LogP contribution in [0.2, 0.25) is 5.28 Å². The lowest BCUT2D eigenvalue weighted by molar-refractivity contribution is 0.0180. The van der Waals surface area contributed by atoms with E-state index in [-0.39, 0.29) is 16.1 Å². The summed E-state index contributed by atoms with van der Waals surface area (Å²) in [6, 6.07) is 43.1. The normalized spacial score (nSPS) is 11.3. The quantitative estimate of drug-likeness (QED) is 0.0278. The molecule has 6 aromatic heterocycles. The summed E-state index contributed by atoms with van der Waals surface area (Å²) >= 11 is 5.90. The lowest BCUT2D eigenvalue weighted by Gasteiger charge is -2.14. The average Bonchev–Trinajstić information content (AvgIpc) is 1.83. The molecule has 0 atom stereocenters. The van der Waals surface area contributed by atoms with Crippen LogP contribution in [0.5, 0.6) is 40.8 Å². The molecular formula is C69H72ClN15O10. The second-order valence-corrected chi connectivity index (χ2v) is 23.4. The molecule has 0 aliphatic carbocycles. The van der Waals surface area contributed by atoms with E-state index in [1.54, 1.807) is 97.8 Å². The highest BCUT2D eigenvalue weighted by Gasteiger charge is 2.25. The number of hydrogen-bond donors (Lipinski definition) is 5. The lowest BCUT2D eigenvalue weighted by Crippen LogP contribution is -2.21. The molecule has 5 N–H and O–H groups in total. The Labute approximate surface area is 553 Å². The Hall–Kier alpha value is -11.0. The molecule has 0 saturated heterocycles. The number of anilines is 6. The molecule has 0 bridgehead atoms. The van der Waals surface area contributed by atoms with Crippen molar-refractivity contribution in [1.82, 2.24) is 49.5 Å². The van der Waals surface area contributed by atoms with Gasteiger partial charge in [-0.1, -0.05) is 96.1 Å². The van der Waals surface area contributed by atoms with E-state index in [1.165, 1.54) is 6.20 Å². The Morgan fingerprint density at radius 3 is 1.46 bits per heavy atom. The van der Waals surface area contributed by atoms with Gasteiger partial charge in [-0.3, -0.25) is 10.6 Å². The number of hydrogen-bond acceptors (Lipinski definition) is 19. The number of nitrogens with one attached hydrogen (secondary N) is 5. The van der Waals surface area contributed by atoms with Crippen molar-refractivity contribution in [2.75, 3.05) is 87.6 Å². The molecule has 11 rings (SSSR count). The van der Waals surface area contributed by atoms with Gasteiger partial charge in [0.25, 0.3) is 0 Å². The summed E-state index contributed by atoms with van der Waals surface area (Å²) in [6.07, 6.45) is 6.41. The number of nitrogens with zero attached hydrogens (tertiary/aromatic N) is 10. The second kappa shape index (κ2) is 31.1. The monoisotopic (exact) mass is 1310 g/mol. The number of amides is 4. The maximum atomic E-state index is 13.5. The number of rotatable bonds is 24. The van der Waals surface area contributed by atoms with Gasteiger partial charge in [0.2, 0.25) is 34.8 Å². The number of carbonyl (C=O) groups is 2. The van der Waals surface area contributed by atoms with E-state index in [1.807, 2.05) is 97.1 Å². The summed E-state index contributed by atoms with van der Waals surface area (Å²) in [5.74, 6) is 4.71. The molecule has 95 heavy (non-hydrogen) atoms. The van der Waals surface area contributed by atoms with Crippen LogP contribution in [0.3, 0.4) is 0 Å². The Bertz CT molecular complexity index is 4410. The van der Waals surface area contributed by atoms with Crippen LogP contribution in [0, 0.1) is 0 Å². The van der Waals surface area contributed by atoms with Crippen molar-refractivity contribution >= 4 is 79.9 Å². The number of halogens is 1. The van der Waals surface area contributed by atoms with Crippen molar-refractivity contribution in [3.8, 4) is 52.1 Å². The molecule has 5 aromatic carbocycles. The Kier molecular flexibility index (Phi) is 21.9. The van der Waals surface area contributed by atoms with E-state index in [9.17, 15) is 9.59 Å². The first-order chi connectivity index (χ1) is 45.9. The SMILES string of the molecule is COCCOCCOCCOc1cccc(Nc2nccc(Oc3ccc(NC(=O)Nc4cc(C(C)(C)C)nn4-c4ccc(OC)nc4)c4ccccc34)n2)c1.COc1ccc(-n2nc(C(C)(C)C)cc2NC(=O)Nc2ccc(Oc3ccnc(Cl)n3)c3ccccc23)cn1. The number of pyridine rings is 2. The highest BCUT2D eigenvalue weighted by atomic mass is 35.5. The van der Waals surface area contributed by atoms with Gasteiger partial charge in [-0.05, 0) is 60.1 Å². The third-order valence-electron chi connectivity index (χ3n) is 14.1. The van der Waals surface area contributed by atoms with Gasteiger partial charge in [-0.15, -0.1) is 0 Å². The molecule has 0 unspecified atom stereocenters. The van der Waals surface area contributed by atoms with Gasteiger partial charge in [0.1, 0.15) is 35.5 Å². The number of ether oxygens (including phenoxy) is 8. The van der Waals surface area contributed by atoms with Crippen LogP contribution >= 0.6 is 11.6 Å². The topological polar surface area (TPSA) is 281 Å². The highest BCUT2D eigenvalue weighted by Crippen LogP contribution is 2.37. The number of fused-ring (bicyclic) bond motifs is 2. The molecule has 0 aliphatic rings. The Balaban J connectivity index is 0.000000220. The smallest absolute Gasteiger partial charge is 0.324 e. The zero-order chi connectivity index (χ0) is 66.9. The highest BCUT2D eigenvalue weighted by molar-refractivity contribution is 6.28. The summed E-state index contributed by atoms with van der Waals surface area (Å²) in [5.41, 5.74) is 4.39. The summed E-state index contributed by atoms with van der Waals surface area (Å²) in [4.78, 5) is 52.2. The fourth-order valence-electron chi connectivity index (χ4n) is 9.32. The molecule has 0 fully saturated rings. The Morgan fingerprint density at radius 1 is 0.484 bits per heavy atom. The molecule has 6 heterocycles. The van der Waals surface area contributed by atoms with E-state index in [2.05, 4.69) is 98.0 Å². The standard InChI is InChI=1S/C41H46N8O7.C28H26ClN7O3/c1-41(2,3)35-26-36(49(48-35)29-13-16-37(52-5)43-27-29)46-40(50)45-33-14-15-34(32-12-7-6-11-31(32)33)56-38-17-18-42-39(47-38)44-28-9-8-10-30(25-28)55-24-23-54-22-21-53-20-19-51-4;1-28(2,3)22-15-23(36(35-22)17-9-12-24(38-4)31-16-17)33-27(37)32-20-10-11-21(19-8-6-5-7-18(19)20)39-25-13-14-30-26(29)34-25/h6-18,25-27H,19-24H2,1-5H3,(H,42,44,47)(H2,45,46,50);5-16H,1-4H3,(H2,32,33,37). The number of urea groups is 2. The van der Waals surface area contributed by atoms with Crippen molar-refractivity contribution in [3.05, 3.63) is 187 Å². The third-order valence-corrected chi connectivity index (χ3v) is 14.3. The first kappa shape index (κ1) is 66.9. The van der Waals surface area contributed by atoms with Crippen LogP contribution in [0.4, 0.5) is 44.2 Å². The van der Waals surface area contributed by atoms with E-state index in [4.69, 9.17) is 59.7 Å². The lowest BCUT2D eigenvalue weighted by atomic mass is 9.92. The van der Waals surface area contributed by atoms with Gasteiger partial charge in [-0.25, -0.2) is 38.9 Å². The van der Waals surface area contributed by atoms with Crippen molar-refractivity contribution in [1.29, 1.82) is 0 Å². The predicted octanol–water partition coefficient (Wildman–Crippen LogP) is 14.4.